The Kier molecular flexibility index (Phi) is 3.83. The molecule has 5 heteroatoms. The molecule has 3 aliphatic rings. The van der Waals surface area contributed by atoms with E-state index in [1.807, 2.05) is 25.1 Å². The minimum atomic E-state index is 0.124. The predicted molar refractivity (Wildman–Crippen MR) is 82.3 cm³/mol. The lowest BCUT2D eigenvalue weighted by Gasteiger charge is -2.32. The smallest absolute Gasteiger partial charge is 0.227 e. The molecule has 5 nitrogen and oxygen atoms in total. The molecule has 1 aromatic heterocycles. The zero-order valence-electron chi connectivity index (χ0n) is 13.2. The van der Waals surface area contributed by atoms with E-state index in [4.69, 9.17) is 0 Å². The topological polar surface area (TPSA) is 49.3 Å². The van der Waals surface area contributed by atoms with Gasteiger partial charge in [0, 0.05) is 37.9 Å². The highest BCUT2D eigenvalue weighted by Crippen LogP contribution is 2.31. The van der Waals surface area contributed by atoms with Crippen molar-refractivity contribution in [2.75, 3.05) is 25.0 Å². The molecule has 3 fully saturated rings. The molecule has 1 aromatic rings. The molecule has 4 rings (SSSR count). The number of piperidine rings is 1. The van der Waals surface area contributed by atoms with E-state index in [1.54, 1.807) is 0 Å². The van der Waals surface area contributed by atoms with Gasteiger partial charge >= 0.3 is 0 Å². The quantitative estimate of drug-likeness (QED) is 0.851. The fourth-order valence-corrected chi connectivity index (χ4v) is 3.53. The number of nitrogens with zero attached hydrogens (tertiary/aromatic N) is 4. The van der Waals surface area contributed by atoms with Crippen molar-refractivity contribution >= 4 is 11.7 Å². The van der Waals surface area contributed by atoms with E-state index in [1.165, 1.54) is 5.56 Å². The van der Waals surface area contributed by atoms with Crippen molar-refractivity contribution in [3.05, 3.63) is 17.6 Å². The molecule has 3 aliphatic heterocycles. The fourth-order valence-electron chi connectivity index (χ4n) is 3.53. The van der Waals surface area contributed by atoms with Crippen molar-refractivity contribution in [1.29, 1.82) is 0 Å². The summed E-state index contributed by atoms with van der Waals surface area (Å²) in [6.07, 6.45) is 6.15. The average molecular weight is 288 g/mol. The van der Waals surface area contributed by atoms with E-state index in [0.717, 1.165) is 50.4 Å². The third-order valence-electron chi connectivity index (χ3n) is 4.75. The number of hydrogen-bond acceptors (Lipinski definition) is 4. The number of carbonyl (C=O) groups is 1. The standard InChI is InChI=1S/C16H24N4O/c1-4-5-12-8-17-11(2)18-15(12)20-9-13-6-7-14(10-20)19(3)16(13)21/h8,13-14H,4-7,9-10H2,1-3H3/t13-,14+/m0/s1. The number of likely N-dealkylation sites (N-methyl/N-ethyl adjacent to an activating group) is 1. The molecule has 4 heterocycles. The van der Waals surface area contributed by atoms with Crippen molar-refractivity contribution in [2.24, 2.45) is 5.92 Å². The fraction of sp³-hybridized carbons (Fsp3) is 0.688. The zero-order chi connectivity index (χ0) is 15.0. The Labute approximate surface area is 126 Å². The number of hydrogen-bond donors (Lipinski definition) is 0. The monoisotopic (exact) mass is 288 g/mol. The van der Waals surface area contributed by atoms with Crippen molar-refractivity contribution in [2.45, 2.75) is 45.6 Å². The highest BCUT2D eigenvalue weighted by atomic mass is 16.2. The number of fused-ring (bicyclic) bond motifs is 4. The van der Waals surface area contributed by atoms with Crippen LogP contribution in [0.1, 0.15) is 37.6 Å². The van der Waals surface area contributed by atoms with Gasteiger partial charge in [0.25, 0.3) is 0 Å². The molecule has 114 valence electrons. The average Bonchev–Trinajstić information content (AvgIpc) is 2.75. The van der Waals surface area contributed by atoms with Gasteiger partial charge in [-0.25, -0.2) is 9.97 Å². The lowest BCUT2D eigenvalue weighted by atomic mass is 9.95. The Morgan fingerprint density at radius 3 is 2.90 bits per heavy atom. The Morgan fingerprint density at radius 1 is 1.33 bits per heavy atom. The highest BCUT2D eigenvalue weighted by molar-refractivity contribution is 5.81. The summed E-state index contributed by atoms with van der Waals surface area (Å²) >= 11 is 0. The highest BCUT2D eigenvalue weighted by Gasteiger charge is 2.39. The summed E-state index contributed by atoms with van der Waals surface area (Å²) in [6, 6.07) is 0.320. The van der Waals surface area contributed by atoms with Crippen LogP contribution in [0.25, 0.3) is 0 Å². The number of aromatic nitrogens is 2. The number of carbonyl (C=O) groups excluding carboxylic acids is 1. The second-order valence-corrected chi connectivity index (χ2v) is 6.30. The van der Waals surface area contributed by atoms with Gasteiger partial charge in [0.1, 0.15) is 11.6 Å². The summed E-state index contributed by atoms with van der Waals surface area (Å²) in [5.74, 6) is 2.28. The summed E-state index contributed by atoms with van der Waals surface area (Å²) in [5, 5.41) is 0. The Hall–Kier alpha value is -1.65. The van der Waals surface area contributed by atoms with Crippen molar-refractivity contribution < 1.29 is 4.79 Å². The molecule has 21 heavy (non-hydrogen) atoms. The van der Waals surface area contributed by atoms with Crippen LogP contribution in [0.3, 0.4) is 0 Å². The lowest BCUT2D eigenvalue weighted by molar-refractivity contribution is -0.138. The van der Waals surface area contributed by atoms with Gasteiger partial charge in [-0.1, -0.05) is 13.3 Å². The summed E-state index contributed by atoms with van der Waals surface area (Å²) in [4.78, 5) is 25.6. The van der Waals surface area contributed by atoms with E-state index < -0.39 is 0 Å². The Bertz CT molecular complexity index is 545. The molecule has 2 bridgehead atoms. The van der Waals surface area contributed by atoms with Crippen LogP contribution in [-0.2, 0) is 11.2 Å². The second-order valence-electron chi connectivity index (χ2n) is 6.30. The first-order chi connectivity index (χ1) is 10.1. The van der Waals surface area contributed by atoms with Gasteiger partial charge in [0.2, 0.25) is 5.91 Å². The predicted octanol–water partition coefficient (Wildman–Crippen LogP) is 1.79. The van der Waals surface area contributed by atoms with Crippen LogP contribution >= 0.6 is 0 Å². The molecular formula is C16H24N4O. The number of aryl methyl sites for hydroxylation is 2. The molecule has 0 unspecified atom stereocenters. The molecule has 0 saturated carbocycles. The number of rotatable bonds is 3. The largest absolute Gasteiger partial charge is 0.353 e. The van der Waals surface area contributed by atoms with Gasteiger partial charge in [-0.15, -0.1) is 0 Å². The normalized spacial score (nSPS) is 25.4. The first-order valence-corrected chi connectivity index (χ1v) is 7.94. The summed E-state index contributed by atoms with van der Waals surface area (Å²) in [5.41, 5.74) is 1.21. The SMILES string of the molecule is CCCc1cnc(C)nc1N1C[C@@H]2CC[C@H](C1)N(C)C2=O. The third kappa shape index (κ3) is 2.61. The minimum absolute atomic E-state index is 0.124. The first kappa shape index (κ1) is 14.3. The van der Waals surface area contributed by atoms with Crippen LogP contribution in [0.15, 0.2) is 6.20 Å². The number of amides is 1. The van der Waals surface area contributed by atoms with Crippen molar-refractivity contribution in [3.63, 3.8) is 0 Å². The van der Waals surface area contributed by atoms with E-state index in [2.05, 4.69) is 21.8 Å². The third-order valence-corrected chi connectivity index (χ3v) is 4.75. The van der Waals surface area contributed by atoms with Crippen LogP contribution in [0.2, 0.25) is 0 Å². The van der Waals surface area contributed by atoms with Gasteiger partial charge in [0.15, 0.2) is 0 Å². The maximum atomic E-state index is 12.3. The van der Waals surface area contributed by atoms with E-state index in [9.17, 15) is 4.79 Å². The van der Waals surface area contributed by atoms with Crippen LogP contribution in [-0.4, -0.2) is 47.0 Å². The molecule has 0 aliphatic carbocycles. The zero-order valence-corrected chi connectivity index (χ0v) is 13.2. The molecule has 2 atom stereocenters. The van der Waals surface area contributed by atoms with Gasteiger partial charge in [-0.2, -0.15) is 0 Å². The van der Waals surface area contributed by atoms with Crippen LogP contribution in [0, 0.1) is 12.8 Å². The van der Waals surface area contributed by atoms with E-state index in [0.29, 0.717) is 11.9 Å². The van der Waals surface area contributed by atoms with Gasteiger partial charge in [0.05, 0.1) is 5.92 Å². The van der Waals surface area contributed by atoms with Crippen LogP contribution in [0.4, 0.5) is 5.82 Å². The molecule has 0 radical (unpaired) electrons. The minimum Gasteiger partial charge on any atom is -0.353 e. The van der Waals surface area contributed by atoms with Gasteiger partial charge in [-0.3, -0.25) is 4.79 Å². The van der Waals surface area contributed by atoms with Crippen molar-refractivity contribution in [3.8, 4) is 0 Å². The summed E-state index contributed by atoms with van der Waals surface area (Å²) in [6.45, 7) is 5.80. The number of anilines is 1. The molecule has 0 aromatic carbocycles. The second kappa shape index (κ2) is 5.62. The summed E-state index contributed by atoms with van der Waals surface area (Å²) in [7, 11) is 1.95. The maximum absolute atomic E-state index is 12.3. The molecule has 3 saturated heterocycles. The molecule has 0 spiro atoms. The van der Waals surface area contributed by atoms with Crippen LogP contribution in [0.5, 0.6) is 0 Å². The van der Waals surface area contributed by atoms with E-state index >= 15 is 0 Å². The molecule has 0 N–H and O–H groups in total. The van der Waals surface area contributed by atoms with Crippen LogP contribution < -0.4 is 4.90 Å². The van der Waals surface area contributed by atoms with Gasteiger partial charge in [-0.05, 0) is 26.2 Å². The van der Waals surface area contributed by atoms with Crippen molar-refractivity contribution in [1.82, 2.24) is 14.9 Å². The lowest BCUT2D eigenvalue weighted by Crippen LogP contribution is -2.45. The molecule has 1 amide bonds. The van der Waals surface area contributed by atoms with E-state index in [-0.39, 0.29) is 5.92 Å². The Balaban J connectivity index is 1.94. The molecular weight excluding hydrogens is 264 g/mol. The maximum Gasteiger partial charge on any atom is 0.227 e. The summed E-state index contributed by atoms with van der Waals surface area (Å²) < 4.78 is 0. The van der Waals surface area contributed by atoms with Gasteiger partial charge < -0.3 is 9.80 Å². The first-order valence-electron chi connectivity index (χ1n) is 7.94. The Morgan fingerprint density at radius 2 is 2.14 bits per heavy atom.